The van der Waals surface area contributed by atoms with Crippen LogP contribution in [0.1, 0.15) is 28.3 Å². The number of aryl methyl sites for hydroxylation is 2. The van der Waals surface area contributed by atoms with E-state index in [9.17, 15) is 4.39 Å². The van der Waals surface area contributed by atoms with Gasteiger partial charge in [-0.3, -0.25) is 5.84 Å². The fourth-order valence-corrected chi connectivity index (χ4v) is 2.58. The van der Waals surface area contributed by atoms with Crippen molar-refractivity contribution in [1.82, 2.24) is 5.43 Å². The van der Waals surface area contributed by atoms with E-state index in [0.717, 1.165) is 16.7 Å². The largest absolute Gasteiger partial charge is 0.271 e. The van der Waals surface area contributed by atoms with Crippen LogP contribution in [0.15, 0.2) is 36.4 Å². The molecule has 0 aliphatic heterocycles. The van der Waals surface area contributed by atoms with E-state index in [2.05, 4.69) is 11.5 Å². The second kappa shape index (κ2) is 5.70. The lowest BCUT2D eigenvalue weighted by Gasteiger charge is -2.20. The van der Waals surface area contributed by atoms with Gasteiger partial charge in [-0.15, -0.1) is 0 Å². The van der Waals surface area contributed by atoms with Crippen LogP contribution >= 0.6 is 11.6 Å². The van der Waals surface area contributed by atoms with Crippen molar-refractivity contribution in [2.24, 2.45) is 5.84 Å². The van der Waals surface area contributed by atoms with Crippen molar-refractivity contribution in [3.8, 4) is 0 Å². The van der Waals surface area contributed by atoms with E-state index >= 15 is 0 Å². The van der Waals surface area contributed by atoms with Crippen molar-refractivity contribution in [3.05, 3.63) is 69.5 Å². The predicted molar refractivity (Wildman–Crippen MR) is 76.5 cm³/mol. The summed E-state index contributed by atoms with van der Waals surface area (Å²) in [4.78, 5) is 0. The van der Waals surface area contributed by atoms with E-state index in [0.29, 0.717) is 10.6 Å². The average molecular weight is 279 g/mol. The van der Waals surface area contributed by atoms with Crippen LogP contribution in [0.3, 0.4) is 0 Å². The molecule has 0 amide bonds. The molecule has 0 aromatic heterocycles. The Labute approximate surface area is 117 Å². The van der Waals surface area contributed by atoms with Crippen molar-refractivity contribution in [2.45, 2.75) is 19.9 Å². The van der Waals surface area contributed by atoms with Gasteiger partial charge in [0.2, 0.25) is 0 Å². The molecule has 0 bridgehead atoms. The van der Waals surface area contributed by atoms with Crippen LogP contribution in [0.2, 0.25) is 5.02 Å². The van der Waals surface area contributed by atoms with Crippen LogP contribution in [0.4, 0.5) is 4.39 Å². The van der Waals surface area contributed by atoms with Crippen LogP contribution in [0.5, 0.6) is 0 Å². The zero-order chi connectivity index (χ0) is 14.0. The van der Waals surface area contributed by atoms with E-state index in [1.54, 1.807) is 12.1 Å². The van der Waals surface area contributed by atoms with Gasteiger partial charge in [-0.25, -0.2) is 9.82 Å². The van der Waals surface area contributed by atoms with Crippen molar-refractivity contribution in [3.63, 3.8) is 0 Å². The first-order chi connectivity index (χ1) is 9.02. The van der Waals surface area contributed by atoms with Gasteiger partial charge >= 0.3 is 0 Å². The van der Waals surface area contributed by atoms with Gasteiger partial charge in [0.25, 0.3) is 0 Å². The number of nitrogens with one attached hydrogen (secondary N) is 1. The number of hydrogen-bond donors (Lipinski definition) is 2. The molecule has 2 rings (SSSR count). The summed E-state index contributed by atoms with van der Waals surface area (Å²) in [7, 11) is 0. The van der Waals surface area contributed by atoms with Gasteiger partial charge in [0.05, 0.1) is 6.04 Å². The predicted octanol–water partition coefficient (Wildman–Crippen LogP) is 3.65. The number of hydrazine groups is 1. The van der Waals surface area contributed by atoms with E-state index in [1.165, 1.54) is 6.07 Å². The molecule has 4 heteroatoms. The van der Waals surface area contributed by atoms with Gasteiger partial charge in [0.15, 0.2) is 0 Å². The molecule has 100 valence electrons. The van der Waals surface area contributed by atoms with Crippen LogP contribution in [-0.2, 0) is 0 Å². The number of rotatable bonds is 3. The first-order valence-electron chi connectivity index (χ1n) is 6.01. The zero-order valence-electron chi connectivity index (χ0n) is 10.9. The van der Waals surface area contributed by atoms with Gasteiger partial charge < -0.3 is 0 Å². The summed E-state index contributed by atoms with van der Waals surface area (Å²) in [5.41, 5.74) is 6.11. The molecule has 0 radical (unpaired) electrons. The summed E-state index contributed by atoms with van der Waals surface area (Å²) < 4.78 is 14.0. The lowest BCUT2D eigenvalue weighted by atomic mass is 9.95. The van der Waals surface area contributed by atoms with Gasteiger partial charge in [-0.1, -0.05) is 47.0 Å². The third-order valence-corrected chi connectivity index (χ3v) is 3.36. The van der Waals surface area contributed by atoms with Crippen LogP contribution in [-0.4, -0.2) is 0 Å². The summed E-state index contributed by atoms with van der Waals surface area (Å²) in [5, 5.41) is 0.363. The Bertz CT molecular complexity index is 558. The maximum absolute atomic E-state index is 14.0. The Balaban J connectivity index is 2.56. The third-order valence-electron chi connectivity index (χ3n) is 3.03. The standard InChI is InChI=1S/C15H16ClFN2/c1-9-6-10(2)8-11(7-9)15(19-18)14-12(16)4-3-5-13(14)17/h3-8,15,19H,18H2,1-2H3. The Morgan fingerprint density at radius 1 is 1.16 bits per heavy atom. The van der Waals surface area contributed by atoms with Crippen LogP contribution in [0.25, 0.3) is 0 Å². The molecule has 2 aromatic carbocycles. The second-order valence-electron chi connectivity index (χ2n) is 4.66. The second-order valence-corrected chi connectivity index (χ2v) is 5.06. The van der Waals surface area contributed by atoms with Crippen molar-refractivity contribution in [2.75, 3.05) is 0 Å². The maximum Gasteiger partial charge on any atom is 0.129 e. The van der Waals surface area contributed by atoms with E-state index in [4.69, 9.17) is 17.4 Å². The summed E-state index contributed by atoms with van der Waals surface area (Å²) >= 11 is 6.10. The Morgan fingerprint density at radius 3 is 2.32 bits per heavy atom. The number of hydrogen-bond acceptors (Lipinski definition) is 2. The lowest BCUT2D eigenvalue weighted by molar-refractivity contribution is 0.560. The smallest absolute Gasteiger partial charge is 0.129 e. The molecule has 0 saturated heterocycles. The Kier molecular flexibility index (Phi) is 4.20. The fourth-order valence-electron chi connectivity index (χ4n) is 2.31. The van der Waals surface area contributed by atoms with E-state index in [1.807, 2.05) is 26.0 Å². The number of halogens is 2. The average Bonchev–Trinajstić information content (AvgIpc) is 2.32. The molecule has 19 heavy (non-hydrogen) atoms. The minimum atomic E-state index is -0.465. The molecule has 0 aliphatic rings. The highest BCUT2D eigenvalue weighted by molar-refractivity contribution is 6.31. The topological polar surface area (TPSA) is 38.0 Å². The molecule has 0 saturated carbocycles. The molecular weight excluding hydrogens is 263 g/mol. The molecule has 2 aromatic rings. The molecule has 2 nitrogen and oxygen atoms in total. The highest BCUT2D eigenvalue weighted by atomic mass is 35.5. The van der Waals surface area contributed by atoms with E-state index in [-0.39, 0.29) is 5.82 Å². The number of benzene rings is 2. The summed E-state index contributed by atoms with van der Waals surface area (Å²) in [6.07, 6.45) is 0. The molecular formula is C15H16ClFN2. The van der Waals surface area contributed by atoms with Gasteiger partial charge in [-0.2, -0.15) is 0 Å². The summed E-state index contributed by atoms with van der Waals surface area (Å²) in [6, 6.07) is 10.2. The third kappa shape index (κ3) is 2.95. The maximum atomic E-state index is 14.0. The fraction of sp³-hybridized carbons (Fsp3) is 0.200. The monoisotopic (exact) mass is 278 g/mol. The first-order valence-corrected chi connectivity index (χ1v) is 6.39. The number of nitrogens with two attached hydrogens (primary N) is 1. The van der Waals surface area contributed by atoms with Gasteiger partial charge in [-0.05, 0) is 31.5 Å². The summed E-state index contributed by atoms with van der Waals surface area (Å²) in [5.74, 6) is 5.23. The molecule has 0 aliphatic carbocycles. The highest BCUT2D eigenvalue weighted by Crippen LogP contribution is 2.30. The van der Waals surface area contributed by atoms with E-state index < -0.39 is 6.04 Å². The van der Waals surface area contributed by atoms with Crippen molar-refractivity contribution < 1.29 is 4.39 Å². The summed E-state index contributed by atoms with van der Waals surface area (Å²) in [6.45, 7) is 3.99. The van der Waals surface area contributed by atoms with Crippen LogP contribution in [0, 0.1) is 19.7 Å². The van der Waals surface area contributed by atoms with Gasteiger partial charge in [0, 0.05) is 10.6 Å². The molecule has 0 fully saturated rings. The molecule has 0 heterocycles. The quantitative estimate of drug-likeness (QED) is 0.664. The Morgan fingerprint density at radius 2 is 1.79 bits per heavy atom. The van der Waals surface area contributed by atoms with Crippen molar-refractivity contribution >= 4 is 11.6 Å². The molecule has 0 spiro atoms. The zero-order valence-corrected chi connectivity index (χ0v) is 11.6. The Hall–Kier alpha value is -1.42. The SMILES string of the molecule is Cc1cc(C)cc(C(NN)c2c(F)cccc2Cl)c1. The highest BCUT2D eigenvalue weighted by Gasteiger charge is 2.20. The lowest BCUT2D eigenvalue weighted by Crippen LogP contribution is -2.30. The normalized spacial score (nSPS) is 12.5. The van der Waals surface area contributed by atoms with Crippen LogP contribution < -0.4 is 11.3 Å². The molecule has 3 N–H and O–H groups in total. The first kappa shape index (κ1) is 14.0. The van der Waals surface area contributed by atoms with Gasteiger partial charge in [0.1, 0.15) is 5.82 Å². The molecule has 1 unspecified atom stereocenters. The molecule has 1 atom stereocenters. The minimum absolute atomic E-state index is 0.363. The van der Waals surface area contributed by atoms with Crippen molar-refractivity contribution in [1.29, 1.82) is 0 Å². The minimum Gasteiger partial charge on any atom is -0.271 e.